The lowest BCUT2D eigenvalue weighted by Crippen LogP contribution is -2.26. The normalized spacial score (nSPS) is 11.6. The van der Waals surface area contributed by atoms with Gasteiger partial charge in [-0.2, -0.15) is 4.98 Å². The van der Waals surface area contributed by atoms with Crippen LogP contribution in [0.2, 0.25) is 0 Å². The van der Waals surface area contributed by atoms with Gasteiger partial charge in [0.05, 0.1) is 11.6 Å². The van der Waals surface area contributed by atoms with Crippen LogP contribution in [-0.4, -0.2) is 22.0 Å². The lowest BCUT2D eigenvalue weighted by molar-refractivity contribution is 0.0895. The smallest absolute Gasteiger partial charge is 0.316 e. The molecule has 3 N–H and O–H groups in total. The number of nitrogens with zero attached hydrogens (tertiary/aromatic N) is 2. The Balaban J connectivity index is 1.61. The van der Waals surface area contributed by atoms with Crippen LogP contribution in [0.4, 0.5) is 0 Å². The highest BCUT2D eigenvalue weighted by atomic mass is 16.5. The fourth-order valence-corrected chi connectivity index (χ4v) is 2.43. The van der Waals surface area contributed by atoms with Gasteiger partial charge in [-0.05, 0) is 24.6 Å². The first-order chi connectivity index (χ1) is 13.0. The third-order valence-electron chi connectivity index (χ3n) is 3.82. The summed E-state index contributed by atoms with van der Waals surface area (Å²) in [6, 6.07) is 15.8. The first-order valence-corrected chi connectivity index (χ1v) is 8.24. The van der Waals surface area contributed by atoms with E-state index in [1.807, 2.05) is 37.3 Å². The topological polar surface area (TPSA) is 120 Å². The number of rotatable bonds is 7. The van der Waals surface area contributed by atoms with Crippen LogP contribution in [0.15, 0.2) is 59.1 Å². The van der Waals surface area contributed by atoms with Crippen LogP contribution in [0.3, 0.4) is 0 Å². The second-order valence-electron chi connectivity index (χ2n) is 5.77. The molecule has 0 fully saturated rings. The maximum Gasteiger partial charge on any atom is 0.316 e. The minimum Gasteiger partial charge on any atom is -0.485 e. The average molecular weight is 366 g/mol. The monoisotopic (exact) mass is 366 g/mol. The van der Waals surface area contributed by atoms with Crippen molar-refractivity contribution in [2.45, 2.75) is 19.6 Å². The van der Waals surface area contributed by atoms with Crippen molar-refractivity contribution in [1.82, 2.24) is 15.5 Å². The molecule has 27 heavy (non-hydrogen) atoms. The van der Waals surface area contributed by atoms with Gasteiger partial charge in [-0.15, -0.1) is 0 Å². The van der Waals surface area contributed by atoms with E-state index < -0.39 is 11.8 Å². The lowest BCUT2D eigenvalue weighted by Gasteiger charge is -2.12. The highest BCUT2D eigenvalue weighted by Gasteiger charge is 2.18. The number of nitrogens with two attached hydrogens (primary N) is 1. The molecule has 0 aliphatic heterocycles. The highest BCUT2D eigenvalue weighted by molar-refractivity contribution is 5.95. The van der Waals surface area contributed by atoms with Gasteiger partial charge >= 0.3 is 11.8 Å². The van der Waals surface area contributed by atoms with E-state index in [0.717, 1.165) is 5.56 Å². The second kappa shape index (κ2) is 8.13. The summed E-state index contributed by atoms with van der Waals surface area (Å²) >= 11 is 0. The molecule has 0 aliphatic carbocycles. The Morgan fingerprint density at radius 2 is 1.85 bits per heavy atom. The maximum atomic E-state index is 12.3. The summed E-state index contributed by atoms with van der Waals surface area (Å²) in [7, 11) is 0. The van der Waals surface area contributed by atoms with E-state index in [2.05, 4.69) is 15.5 Å². The van der Waals surface area contributed by atoms with Crippen molar-refractivity contribution in [2.24, 2.45) is 5.73 Å². The number of para-hydroxylation sites is 1. The van der Waals surface area contributed by atoms with E-state index in [-0.39, 0.29) is 29.9 Å². The van der Waals surface area contributed by atoms with Crippen LogP contribution in [0.1, 0.15) is 45.4 Å². The van der Waals surface area contributed by atoms with Gasteiger partial charge in [0.2, 0.25) is 5.82 Å². The molecular formula is C19H18N4O4. The Morgan fingerprint density at radius 1 is 1.15 bits per heavy atom. The number of nitrogens with one attached hydrogen (secondary N) is 1. The minimum atomic E-state index is -0.603. The number of hydrogen-bond donors (Lipinski definition) is 2. The van der Waals surface area contributed by atoms with E-state index in [1.54, 1.807) is 24.3 Å². The van der Waals surface area contributed by atoms with E-state index in [1.165, 1.54) is 0 Å². The van der Waals surface area contributed by atoms with Crippen LogP contribution in [-0.2, 0) is 6.61 Å². The quantitative estimate of drug-likeness (QED) is 0.661. The first kappa shape index (κ1) is 18.1. The molecular weight excluding hydrogens is 348 g/mol. The first-order valence-electron chi connectivity index (χ1n) is 8.24. The van der Waals surface area contributed by atoms with Gasteiger partial charge in [-0.1, -0.05) is 47.6 Å². The number of aromatic nitrogens is 2. The molecule has 8 nitrogen and oxygen atoms in total. The largest absolute Gasteiger partial charge is 0.485 e. The minimum absolute atomic E-state index is 0.0741. The number of ether oxygens (including phenoxy) is 1. The molecule has 2 aromatic carbocycles. The van der Waals surface area contributed by atoms with Crippen molar-refractivity contribution in [3.63, 3.8) is 0 Å². The summed E-state index contributed by atoms with van der Waals surface area (Å²) in [5.41, 5.74) is 6.50. The predicted octanol–water partition coefficient (Wildman–Crippen LogP) is 2.24. The third kappa shape index (κ3) is 4.49. The van der Waals surface area contributed by atoms with Gasteiger partial charge in [-0.3, -0.25) is 9.59 Å². The fraction of sp³-hybridized carbons (Fsp3) is 0.158. The molecule has 0 saturated carbocycles. The van der Waals surface area contributed by atoms with Gasteiger partial charge < -0.3 is 20.3 Å². The molecule has 2 amide bonds. The van der Waals surface area contributed by atoms with E-state index in [4.69, 9.17) is 15.0 Å². The molecule has 0 radical (unpaired) electrons. The van der Waals surface area contributed by atoms with Gasteiger partial charge in [0.15, 0.2) is 6.61 Å². The molecule has 1 heterocycles. The zero-order valence-electron chi connectivity index (χ0n) is 14.6. The number of amides is 2. The second-order valence-corrected chi connectivity index (χ2v) is 5.77. The van der Waals surface area contributed by atoms with Gasteiger partial charge in [-0.25, -0.2) is 0 Å². The molecule has 1 aromatic heterocycles. The molecule has 0 spiro atoms. The number of carbonyl (C=O) groups is 2. The van der Waals surface area contributed by atoms with Gasteiger partial charge in [0.1, 0.15) is 5.75 Å². The molecule has 3 rings (SSSR count). The molecule has 0 unspecified atom stereocenters. The number of benzene rings is 2. The lowest BCUT2D eigenvalue weighted by atomic mass is 10.1. The summed E-state index contributed by atoms with van der Waals surface area (Å²) in [6.07, 6.45) is 0. The zero-order chi connectivity index (χ0) is 19.2. The summed E-state index contributed by atoms with van der Waals surface area (Å²) in [6.45, 7) is 1.78. The van der Waals surface area contributed by atoms with Crippen LogP contribution >= 0.6 is 0 Å². The molecule has 0 bridgehead atoms. The van der Waals surface area contributed by atoms with Gasteiger partial charge in [0, 0.05) is 0 Å². The van der Waals surface area contributed by atoms with Crippen LogP contribution < -0.4 is 15.8 Å². The van der Waals surface area contributed by atoms with E-state index in [0.29, 0.717) is 5.75 Å². The van der Waals surface area contributed by atoms with E-state index >= 15 is 0 Å². The Bertz CT molecular complexity index is 940. The Kier molecular flexibility index (Phi) is 5.46. The number of hydrogen-bond acceptors (Lipinski definition) is 6. The van der Waals surface area contributed by atoms with Crippen molar-refractivity contribution in [3.8, 4) is 5.75 Å². The molecule has 0 saturated heterocycles. The van der Waals surface area contributed by atoms with Crippen molar-refractivity contribution in [1.29, 1.82) is 0 Å². The molecule has 138 valence electrons. The van der Waals surface area contributed by atoms with Crippen LogP contribution in [0.5, 0.6) is 5.75 Å². The molecule has 3 aromatic rings. The maximum absolute atomic E-state index is 12.3. The predicted molar refractivity (Wildman–Crippen MR) is 95.9 cm³/mol. The van der Waals surface area contributed by atoms with Crippen LogP contribution in [0, 0.1) is 0 Å². The average Bonchev–Trinajstić information content (AvgIpc) is 3.16. The zero-order valence-corrected chi connectivity index (χ0v) is 14.6. The van der Waals surface area contributed by atoms with E-state index in [9.17, 15) is 9.59 Å². The Hall–Kier alpha value is -3.68. The summed E-state index contributed by atoms with van der Waals surface area (Å²) in [5.74, 6) is -0.777. The SMILES string of the molecule is C[C@@H](NC(=O)c1nc(COc2ccccc2C(N)=O)no1)c1ccccc1. The van der Waals surface area contributed by atoms with Crippen molar-refractivity contribution in [2.75, 3.05) is 0 Å². The van der Waals surface area contributed by atoms with Crippen molar-refractivity contribution < 1.29 is 18.8 Å². The van der Waals surface area contributed by atoms with Crippen molar-refractivity contribution in [3.05, 3.63) is 77.4 Å². The third-order valence-corrected chi connectivity index (χ3v) is 3.82. The van der Waals surface area contributed by atoms with Crippen LogP contribution in [0.25, 0.3) is 0 Å². The molecule has 8 heteroatoms. The molecule has 0 aliphatic rings. The number of carbonyl (C=O) groups excluding carboxylic acids is 2. The van der Waals surface area contributed by atoms with Gasteiger partial charge in [0.25, 0.3) is 5.91 Å². The standard InChI is InChI=1S/C19H18N4O4/c1-12(13-7-3-2-4-8-13)21-18(25)19-22-16(23-27-19)11-26-15-10-6-5-9-14(15)17(20)24/h2-10,12H,11H2,1H3,(H2,20,24)(H,21,25)/t12-/m1/s1. The Labute approximate surface area is 155 Å². The summed E-state index contributed by atoms with van der Waals surface area (Å²) in [5, 5.41) is 6.51. The van der Waals surface area contributed by atoms with Crippen molar-refractivity contribution >= 4 is 11.8 Å². The summed E-state index contributed by atoms with van der Waals surface area (Å²) < 4.78 is 10.5. The Morgan fingerprint density at radius 3 is 2.59 bits per heavy atom. The fourth-order valence-electron chi connectivity index (χ4n) is 2.43. The molecule has 1 atom stereocenters. The number of primary amides is 1. The highest BCUT2D eigenvalue weighted by Crippen LogP contribution is 2.18. The summed E-state index contributed by atoms with van der Waals surface area (Å²) in [4.78, 5) is 27.7.